The number of nitrogens with zero attached hydrogens (tertiary/aromatic N) is 3. The number of rotatable bonds is 6. The van der Waals surface area contributed by atoms with Crippen LogP contribution in [0.3, 0.4) is 0 Å². The van der Waals surface area contributed by atoms with Gasteiger partial charge in [-0.15, -0.1) is 0 Å². The summed E-state index contributed by atoms with van der Waals surface area (Å²) >= 11 is 0. The zero-order valence-corrected chi connectivity index (χ0v) is 13.7. The first-order valence-corrected chi connectivity index (χ1v) is 7.18. The van der Waals surface area contributed by atoms with Gasteiger partial charge < -0.3 is 14.6 Å². The van der Waals surface area contributed by atoms with E-state index in [0.29, 0.717) is 36.7 Å². The van der Waals surface area contributed by atoms with E-state index in [1.807, 2.05) is 18.5 Å². The standard InChI is InChI=1S/C15H22N4O3/c1-9-13(11(3)19(17-9)6-7-21-5)8-16-15(20)14-10(2)18-22-12(14)4/h6-8H2,1-5H3,(H,16,20). The normalized spacial score (nSPS) is 11.0. The molecule has 7 heteroatoms. The number of carbonyl (C=O) groups is 1. The molecule has 2 aromatic rings. The van der Waals surface area contributed by atoms with Crippen LogP contribution in [0.4, 0.5) is 0 Å². The summed E-state index contributed by atoms with van der Waals surface area (Å²) in [5.41, 5.74) is 4.07. The van der Waals surface area contributed by atoms with Crippen molar-refractivity contribution in [3.05, 3.63) is 34.0 Å². The van der Waals surface area contributed by atoms with Gasteiger partial charge in [0.2, 0.25) is 0 Å². The number of aromatic nitrogens is 3. The minimum Gasteiger partial charge on any atom is -0.383 e. The Labute approximate surface area is 129 Å². The molecule has 0 aliphatic carbocycles. The van der Waals surface area contributed by atoms with Gasteiger partial charge in [0.05, 0.1) is 24.5 Å². The summed E-state index contributed by atoms with van der Waals surface area (Å²) in [6.45, 7) is 9.14. The quantitative estimate of drug-likeness (QED) is 0.878. The molecular formula is C15H22N4O3. The number of hydrogen-bond acceptors (Lipinski definition) is 5. The average Bonchev–Trinajstić information content (AvgIpc) is 2.94. The third-order valence-corrected chi connectivity index (χ3v) is 3.72. The Bertz CT molecular complexity index is 653. The molecule has 0 saturated carbocycles. The molecule has 22 heavy (non-hydrogen) atoms. The van der Waals surface area contributed by atoms with Gasteiger partial charge >= 0.3 is 0 Å². The molecule has 0 saturated heterocycles. The van der Waals surface area contributed by atoms with Crippen molar-refractivity contribution in [1.29, 1.82) is 0 Å². The van der Waals surface area contributed by atoms with Gasteiger partial charge in [-0.3, -0.25) is 9.48 Å². The van der Waals surface area contributed by atoms with Gasteiger partial charge in [0, 0.05) is 24.9 Å². The lowest BCUT2D eigenvalue weighted by molar-refractivity contribution is 0.0949. The molecule has 0 atom stereocenters. The lowest BCUT2D eigenvalue weighted by Crippen LogP contribution is -2.24. The molecule has 1 amide bonds. The van der Waals surface area contributed by atoms with E-state index in [1.54, 1.807) is 21.0 Å². The molecule has 0 spiro atoms. The Morgan fingerprint density at radius 3 is 2.59 bits per heavy atom. The highest BCUT2D eigenvalue weighted by atomic mass is 16.5. The largest absolute Gasteiger partial charge is 0.383 e. The second-order valence-electron chi connectivity index (χ2n) is 5.25. The fourth-order valence-corrected chi connectivity index (χ4v) is 2.45. The highest BCUT2D eigenvalue weighted by Crippen LogP contribution is 2.15. The van der Waals surface area contributed by atoms with Crippen LogP contribution in [0.2, 0.25) is 0 Å². The third-order valence-electron chi connectivity index (χ3n) is 3.72. The maximum atomic E-state index is 12.3. The molecule has 120 valence electrons. The number of methoxy groups -OCH3 is 1. The second kappa shape index (κ2) is 6.74. The third kappa shape index (κ3) is 3.19. The van der Waals surface area contributed by atoms with Gasteiger partial charge in [0.15, 0.2) is 0 Å². The van der Waals surface area contributed by atoms with E-state index in [2.05, 4.69) is 15.6 Å². The van der Waals surface area contributed by atoms with E-state index in [4.69, 9.17) is 9.26 Å². The predicted molar refractivity (Wildman–Crippen MR) is 80.7 cm³/mol. The summed E-state index contributed by atoms with van der Waals surface area (Å²) in [6, 6.07) is 0. The van der Waals surface area contributed by atoms with Crippen LogP contribution in [0.1, 0.15) is 38.8 Å². The van der Waals surface area contributed by atoms with Crippen molar-refractivity contribution in [3.63, 3.8) is 0 Å². The summed E-state index contributed by atoms with van der Waals surface area (Å²) in [6.07, 6.45) is 0. The zero-order chi connectivity index (χ0) is 16.3. The number of nitrogens with one attached hydrogen (secondary N) is 1. The molecular weight excluding hydrogens is 284 g/mol. The van der Waals surface area contributed by atoms with E-state index in [-0.39, 0.29) is 5.91 Å². The van der Waals surface area contributed by atoms with E-state index >= 15 is 0 Å². The molecule has 2 aromatic heterocycles. The molecule has 0 fully saturated rings. The maximum Gasteiger partial charge on any atom is 0.257 e. The first-order chi connectivity index (χ1) is 10.5. The van der Waals surface area contributed by atoms with Crippen LogP contribution in [-0.4, -0.2) is 34.6 Å². The lowest BCUT2D eigenvalue weighted by Gasteiger charge is -2.07. The molecule has 0 bridgehead atoms. The summed E-state index contributed by atoms with van der Waals surface area (Å²) in [5.74, 6) is 0.346. The van der Waals surface area contributed by atoms with Crippen LogP contribution >= 0.6 is 0 Å². The Hall–Kier alpha value is -2.15. The monoisotopic (exact) mass is 306 g/mol. The minimum absolute atomic E-state index is 0.181. The molecule has 0 unspecified atom stereocenters. The van der Waals surface area contributed by atoms with Gasteiger partial charge in [0.25, 0.3) is 5.91 Å². The molecule has 0 aromatic carbocycles. The van der Waals surface area contributed by atoms with Crippen molar-refractivity contribution < 1.29 is 14.1 Å². The fourth-order valence-electron chi connectivity index (χ4n) is 2.45. The molecule has 2 rings (SSSR count). The van der Waals surface area contributed by atoms with Crippen molar-refractivity contribution in [3.8, 4) is 0 Å². The summed E-state index contributed by atoms with van der Waals surface area (Å²) in [7, 11) is 1.66. The van der Waals surface area contributed by atoms with Gasteiger partial charge in [-0.2, -0.15) is 5.10 Å². The maximum absolute atomic E-state index is 12.3. The summed E-state index contributed by atoms with van der Waals surface area (Å²) in [5, 5.41) is 11.2. The highest BCUT2D eigenvalue weighted by molar-refractivity contribution is 5.96. The van der Waals surface area contributed by atoms with Crippen molar-refractivity contribution in [1.82, 2.24) is 20.3 Å². The molecule has 0 aliphatic heterocycles. The van der Waals surface area contributed by atoms with E-state index < -0.39 is 0 Å². The van der Waals surface area contributed by atoms with E-state index in [1.165, 1.54) is 0 Å². The number of carbonyl (C=O) groups excluding carboxylic acids is 1. The Morgan fingerprint density at radius 2 is 2.00 bits per heavy atom. The first kappa shape index (κ1) is 16.2. The van der Waals surface area contributed by atoms with Crippen molar-refractivity contribution in [2.75, 3.05) is 13.7 Å². The lowest BCUT2D eigenvalue weighted by atomic mass is 10.1. The van der Waals surface area contributed by atoms with Crippen LogP contribution in [0.25, 0.3) is 0 Å². The van der Waals surface area contributed by atoms with E-state index in [0.717, 1.165) is 17.0 Å². The molecule has 2 heterocycles. The van der Waals surface area contributed by atoms with Crippen molar-refractivity contribution in [2.24, 2.45) is 0 Å². The molecule has 1 N–H and O–H groups in total. The van der Waals surface area contributed by atoms with E-state index in [9.17, 15) is 4.79 Å². The number of ether oxygens (including phenoxy) is 1. The second-order valence-corrected chi connectivity index (χ2v) is 5.25. The number of hydrogen-bond donors (Lipinski definition) is 1. The molecule has 0 aliphatic rings. The summed E-state index contributed by atoms with van der Waals surface area (Å²) in [4.78, 5) is 12.3. The van der Waals surface area contributed by atoms with Crippen molar-refractivity contribution in [2.45, 2.75) is 40.8 Å². The smallest absolute Gasteiger partial charge is 0.257 e. The van der Waals surface area contributed by atoms with Crippen LogP contribution in [-0.2, 0) is 17.8 Å². The Morgan fingerprint density at radius 1 is 1.27 bits per heavy atom. The van der Waals surface area contributed by atoms with Crippen LogP contribution < -0.4 is 5.32 Å². The first-order valence-electron chi connectivity index (χ1n) is 7.18. The highest BCUT2D eigenvalue weighted by Gasteiger charge is 2.18. The summed E-state index contributed by atoms with van der Waals surface area (Å²) < 4.78 is 12.0. The number of aryl methyl sites for hydroxylation is 3. The SMILES string of the molecule is COCCn1nc(C)c(CNC(=O)c2c(C)noc2C)c1C. The minimum atomic E-state index is -0.181. The van der Waals surface area contributed by atoms with Gasteiger partial charge in [-0.05, 0) is 27.7 Å². The predicted octanol–water partition coefficient (Wildman–Crippen LogP) is 1.68. The van der Waals surface area contributed by atoms with Gasteiger partial charge in [-0.25, -0.2) is 0 Å². The van der Waals surface area contributed by atoms with Crippen molar-refractivity contribution >= 4 is 5.91 Å². The van der Waals surface area contributed by atoms with Crippen LogP contribution in [0.15, 0.2) is 4.52 Å². The molecule has 0 radical (unpaired) electrons. The Kier molecular flexibility index (Phi) is 4.97. The Balaban J connectivity index is 2.09. The number of amides is 1. The van der Waals surface area contributed by atoms with Gasteiger partial charge in [0.1, 0.15) is 11.3 Å². The van der Waals surface area contributed by atoms with Crippen LogP contribution in [0.5, 0.6) is 0 Å². The van der Waals surface area contributed by atoms with Crippen LogP contribution in [0, 0.1) is 27.7 Å². The zero-order valence-electron chi connectivity index (χ0n) is 13.7. The fraction of sp³-hybridized carbons (Fsp3) is 0.533. The molecule has 7 nitrogen and oxygen atoms in total. The average molecular weight is 306 g/mol. The van der Waals surface area contributed by atoms with Gasteiger partial charge in [-0.1, -0.05) is 5.16 Å². The topological polar surface area (TPSA) is 82.2 Å².